The molecule has 0 radical (unpaired) electrons. The van der Waals surface area contributed by atoms with Crippen molar-refractivity contribution in [3.05, 3.63) is 52.5 Å². The second-order valence-electron chi connectivity index (χ2n) is 2.51. The molecule has 4 heteroatoms. The summed E-state index contributed by atoms with van der Waals surface area (Å²) in [6.07, 6.45) is 3.21. The van der Waals surface area contributed by atoms with Crippen molar-refractivity contribution in [3.63, 3.8) is 0 Å². The van der Waals surface area contributed by atoms with E-state index in [2.05, 4.69) is 10.4 Å². The van der Waals surface area contributed by atoms with Crippen molar-refractivity contribution in [2.24, 2.45) is 0 Å². The van der Waals surface area contributed by atoms with Gasteiger partial charge in [0.2, 0.25) is 0 Å². The first-order valence-corrected chi connectivity index (χ1v) is 4.66. The third-order valence-corrected chi connectivity index (χ3v) is 2.25. The molecule has 0 saturated carbocycles. The van der Waals surface area contributed by atoms with Crippen LogP contribution >= 0.6 is 11.3 Å². The molecule has 0 fully saturated rings. The zero-order valence-electron chi connectivity index (χ0n) is 7.73. The number of pyridine rings is 1. The van der Waals surface area contributed by atoms with E-state index in [4.69, 9.17) is 0 Å². The van der Waals surface area contributed by atoms with E-state index in [9.17, 15) is 4.79 Å². The second kappa shape index (κ2) is 5.11. The predicted octanol–water partition coefficient (Wildman–Crippen LogP) is -0.822. The molecule has 0 aromatic carbocycles. The predicted molar refractivity (Wildman–Crippen MR) is 50.8 cm³/mol. The molecule has 0 aliphatic carbocycles. The van der Waals surface area contributed by atoms with Gasteiger partial charge < -0.3 is 4.79 Å². The van der Waals surface area contributed by atoms with Crippen molar-refractivity contribution in [2.45, 2.75) is 0 Å². The molecular formula is C10H6LiNOS. The Labute approximate surface area is 98.2 Å². The summed E-state index contributed by atoms with van der Waals surface area (Å²) >= 11 is 1.40. The van der Waals surface area contributed by atoms with Crippen LogP contribution in [0.4, 0.5) is 0 Å². The Bertz CT molecular complexity index is 399. The van der Waals surface area contributed by atoms with Gasteiger partial charge in [-0.3, -0.25) is 16.3 Å². The van der Waals surface area contributed by atoms with E-state index in [1.807, 2.05) is 5.38 Å². The maximum atomic E-state index is 11.6. The van der Waals surface area contributed by atoms with Crippen LogP contribution in [0.1, 0.15) is 15.9 Å². The molecule has 0 amide bonds. The van der Waals surface area contributed by atoms with Crippen molar-refractivity contribution in [2.75, 3.05) is 0 Å². The SMILES string of the molecule is O=C(c1[c-]scc1)c1cccnc1.[Li+]. The van der Waals surface area contributed by atoms with Crippen LogP contribution in [0.15, 0.2) is 36.0 Å². The van der Waals surface area contributed by atoms with Crippen molar-refractivity contribution >= 4 is 17.1 Å². The van der Waals surface area contributed by atoms with Gasteiger partial charge in [0.1, 0.15) is 5.78 Å². The van der Waals surface area contributed by atoms with Crippen LogP contribution < -0.4 is 18.9 Å². The standard InChI is InChI=1S/C10H6NOS.Li/c12-10(9-3-5-13-7-9)8-2-1-4-11-6-8;/h1-6H;/q-1;+1. The Morgan fingerprint density at radius 3 is 2.86 bits per heavy atom. The van der Waals surface area contributed by atoms with E-state index in [1.54, 1.807) is 30.6 Å². The van der Waals surface area contributed by atoms with Gasteiger partial charge in [-0.1, -0.05) is 11.4 Å². The van der Waals surface area contributed by atoms with Gasteiger partial charge in [0.15, 0.2) is 0 Å². The van der Waals surface area contributed by atoms with E-state index in [1.165, 1.54) is 11.3 Å². The Hall–Kier alpha value is -0.883. The smallest absolute Gasteiger partial charge is 0.346 e. The molecule has 2 aromatic rings. The summed E-state index contributed by atoms with van der Waals surface area (Å²) in [6, 6.07) is 5.26. The molecule has 0 N–H and O–H groups in total. The van der Waals surface area contributed by atoms with Crippen LogP contribution in [0.2, 0.25) is 0 Å². The molecule has 2 heterocycles. The summed E-state index contributed by atoms with van der Waals surface area (Å²) < 4.78 is 0. The number of nitrogens with zero attached hydrogens (tertiary/aromatic N) is 1. The van der Waals surface area contributed by atoms with Gasteiger partial charge in [0.25, 0.3) is 0 Å². The number of hydrogen-bond acceptors (Lipinski definition) is 3. The first kappa shape index (κ1) is 11.2. The summed E-state index contributed by atoms with van der Waals surface area (Å²) in [4.78, 5) is 15.5. The van der Waals surface area contributed by atoms with Crippen LogP contribution in [-0.2, 0) is 0 Å². The van der Waals surface area contributed by atoms with Gasteiger partial charge in [-0.25, -0.2) is 0 Å². The summed E-state index contributed by atoms with van der Waals surface area (Å²) in [5.41, 5.74) is 1.22. The number of thiophene rings is 1. The minimum atomic E-state index is -0.0191. The summed E-state index contributed by atoms with van der Waals surface area (Å²) in [6.45, 7) is 0. The first-order valence-electron chi connectivity index (χ1n) is 3.78. The molecule has 0 unspecified atom stereocenters. The molecule has 64 valence electrons. The van der Waals surface area contributed by atoms with E-state index in [0.29, 0.717) is 11.1 Å². The first-order chi connectivity index (χ1) is 6.38. The Balaban J connectivity index is 0.000000980. The van der Waals surface area contributed by atoms with E-state index in [-0.39, 0.29) is 24.6 Å². The van der Waals surface area contributed by atoms with Gasteiger partial charge in [-0.2, -0.15) is 6.07 Å². The van der Waals surface area contributed by atoms with Crippen molar-refractivity contribution in [1.82, 2.24) is 4.98 Å². The van der Waals surface area contributed by atoms with E-state index < -0.39 is 0 Å². The number of carbonyl (C=O) groups excluding carboxylic acids is 1. The summed E-state index contributed by atoms with van der Waals surface area (Å²) in [7, 11) is 0. The summed E-state index contributed by atoms with van der Waals surface area (Å²) in [5, 5.41) is 4.74. The largest absolute Gasteiger partial charge is 1.00 e. The zero-order valence-corrected chi connectivity index (χ0v) is 8.54. The number of aromatic nitrogens is 1. The fourth-order valence-electron chi connectivity index (χ4n) is 1.01. The third-order valence-electron chi connectivity index (χ3n) is 1.64. The van der Waals surface area contributed by atoms with Gasteiger partial charge >= 0.3 is 18.9 Å². The van der Waals surface area contributed by atoms with Gasteiger partial charge in [-0.15, -0.1) is 10.9 Å². The van der Waals surface area contributed by atoms with Crippen molar-refractivity contribution in [1.29, 1.82) is 0 Å². The monoisotopic (exact) mass is 195 g/mol. The molecule has 0 bridgehead atoms. The number of rotatable bonds is 2. The normalized spacial score (nSPS) is 9.14. The Morgan fingerprint density at radius 1 is 1.43 bits per heavy atom. The zero-order chi connectivity index (χ0) is 9.10. The van der Waals surface area contributed by atoms with Gasteiger partial charge in [0, 0.05) is 12.4 Å². The van der Waals surface area contributed by atoms with Crippen LogP contribution in [-0.4, -0.2) is 10.8 Å². The van der Waals surface area contributed by atoms with E-state index >= 15 is 0 Å². The van der Waals surface area contributed by atoms with Crippen molar-refractivity contribution < 1.29 is 23.7 Å². The molecule has 0 spiro atoms. The number of carbonyl (C=O) groups is 1. The fourth-order valence-corrected chi connectivity index (χ4v) is 1.57. The molecular weight excluding hydrogens is 189 g/mol. The van der Waals surface area contributed by atoms with Crippen molar-refractivity contribution in [3.8, 4) is 0 Å². The Morgan fingerprint density at radius 2 is 2.29 bits per heavy atom. The van der Waals surface area contributed by atoms with E-state index in [0.717, 1.165) is 0 Å². The van der Waals surface area contributed by atoms with Gasteiger partial charge in [-0.05, 0) is 11.6 Å². The maximum Gasteiger partial charge on any atom is 1.00 e. The van der Waals surface area contributed by atoms with Crippen LogP contribution in [0.25, 0.3) is 0 Å². The third kappa shape index (κ3) is 2.33. The minimum absolute atomic E-state index is 0. The Kier molecular flexibility index (Phi) is 4.09. The minimum Gasteiger partial charge on any atom is -0.346 e. The number of hydrogen-bond donors (Lipinski definition) is 0. The van der Waals surface area contributed by atoms with Crippen LogP contribution in [0.3, 0.4) is 0 Å². The topological polar surface area (TPSA) is 30.0 Å². The fraction of sp³-hybridized carbons (Fsp3) is 0. The molecule has 2 rings (SSSR count). The quantitative estimate of drug-likeness (QED) is 0.356. The van der Waals surface area contributed by atoms with Crippen LogP contribution in [0.5, 0.6) is 0 Å². The summed E-state index contributed by atoms with van der Waals surface area (Å²) in [5.74, 6) is -0.0191. The molecule has 0 atom stereocenters. The molecule has 0 aliphatic heterocycles. The number of ketones is 1. The molecule has 2 nitrogen and oxygen atoms in total. The molecule has 14 heavy (non-hydrogen) atoms. The average molecular weight is 195 g/mol. The molecule has 2 aromatic heterocycles. The molecule has 0 saturated heterocycles. The average Bonchev–Trinajstić information content (AvgIpc) is 2.71. The second-order valence-corrected chi connectivity index (χ2v) is 3.22. The van der Waals surface area contributed by atoms with Crippen LogP contribution in [0, 0.1) is 5.38 Å². The van der Waals surface area contributed by atoms with Gasteiger partial charge in [0.05, 0.1) is 0 Å². The maximum absolute atomic E-state index is 11.6. The molecule has 0 aliphatic rings.